The standard InChI is InChI=1S/C14H18N2O3/c1-4-9-15-13(17)14(18)16-10(2)11-5-7-12(19-3)8-6-11/h4-8,10H,1,9H2,2-3H3,(H,15,17)(H,16,18)/t10-/m1/s1. The van der Waals surface area contributed by atoms with Gasteiger partial charge in [0.1, 0.15) is 5.75 Å². The number of ether oxygens (including phenoxy) is 1. The fourth-order valence-corrected chi connectivity index (χ4v) is 1.48. The summed E-state index contributed by atoms with van der Waals surface area (Å²) in [5.74, 6) is -0.587. The predicted molar refractivity (Wildman–Crippen MR) is 72.8 cm³/mol. The number of hydrogen-bond donors (Lipinski definition) is 2. The molecule has 1 atom stereocenters. The minimum Gasteiger partial charge on any atom is -0.497 e. The van der Waals surface area contributed by atoms with Crippen molar-refractivity contribution in [2.24, 2.45) is 0 Å². The lowest BCUT2D eigenvalue weighted by atomic mass is 10.1. The number of rotatable bonds is 5. The molecule has 19 heavy (non-hydrogen) atoms. The Kier molecular flexibility index (Phi) is 5.60. The highest BCUT2D eigenvalue weighted by Crippen LogP contribution is 2.16. The molecule has 0 fully saturated rings. The summed E-state index contributed by atoms with van der Waals surface area (Å²) in [5, 5.41) is 5.03. The molecule has 5 nitrogen and oxygen atoms in total. The Morgan fingerprint density at radius 1 is 1.32 bits per heavy atom. The monoisotopic (exact) mass is 262 g/mol. The molecule has 2 amide bonds. The smallest absolute Gasteiger partial charge is 0.309 e. The molecular weight excluding hydrogens is 244 g/mol. The fourth-order valence-electron chi connectivity index (χ4n) is 1.48. The first kappa shape index (κ1) is 14.8. The molecule has 0 radical (unpaired) electrons. The van der Waals surface area contributed by atoms with E-state index in [2.05, 4.69) is 17.2 Å². The van der Waals surface area contributed by atoms with E-state index in [1.54, 1.807) is 26.2 Å². The van der Waals surface area contributed by atoms with E-state index in [0.29, 0.717) is 0 Å². The van der Waals surface area contributed by atoms with E-state index >= 15 is 0 Å². The third-order valence-corrected chi connectivity index (χ3v) is 2.58. The summed E-state index contributed by atoms with van der Waals surface area (Å²) in [7, 11) is 1.59. The molecule has 1 aromatic rings. The third-order valence-electron chi connectivity index (χ3n) is 2.58. The lowest BCUT2D eigenvalue weighted by molar-refractivity contribution is -0.139. The Balaban J connectivity index is 2.57. The lowest BCUT2D eigenvalue weighted by Gasteiger charge is -2.14. The van der Waals surface area contributed by atoms with Gasteiger partial charge in [-0.2, -0.15) is 0 Å². The minimum atomic E-state index is -0.666. The fraction of sp³-hybridized carbons (Fsp3) is 0.286. The number of nitrogens with one attached hydrogen (secondary N) is 2. The van der Waals surface area contributed by atoms with Crippen molar-refractivity contribution in [2.45, 2.75) is 13.0 Å². The summed E-state index contributed by atoms with van der Waals surface area (Å²) < 4.78 is 5.05. The van der Waals surface area contributed by atoms with Crippen LogP contribution >= 0.6 is 0 Å². The van der Waals surface area contributed by atoms with E-state index < -0.39 is 11.8 Å². The summed E-state index contributed by atoms with van der Waals surface area (Å²) in [4.78, 5) is 23.0. The number of methoxy groups -OCH3 is 1. The van der Waals surface area contributed by atoms with E-state index in [-0.39, 0.29) is 12.6 Å². The topological polar surface area (TPSA) is 67.4 Å². The Morgan fingerprint density at radius 2 is 1.95 bits per heavy atom. The molecule has 0 saturated carbocycles. The van der Waals surface area contributed by atoms with Crippen LogP contribution < -0.4 is 15.4 Å². The molecule has 0 spiro atoms. The van der Waals surface area contributed by atoms with Crippen molar-refractivity contribution in [1.29, 1.82) is 0 Å². The van der Waals surface area contributed by atoms with E-state index in [4.69, 9.17) is 4.74 Å². The molecule has 1 rings (SSSR count). The van der Waals surface area contributed by atoms with Crippen molar-refractivity contribution in [3.63, 3.8) is 0 Å². The molecule has 0 bridgehead atoms. The summed E-state index contributed by atoms with van der Waals surface area (Å²) in [6, 6.07) is 7.02. The van der Waals surface area contributed by atoms with Crippen molar-refractivity contribution in [3.8, 4) is 5.75 Å². The second-order valence-electron chi connectivity index (χ2n) is 3.97. The Bertz CT molecular complexity index is 454. The summed E-state index contributed by atoms with van der Waals surface area (Å²) in [6.07, 6.45) is 1.51. The van der Waals surface area contributed by atoms with E-state index in [9.17, 15) is 9.59 Å². The maximum absolute atomic E-state index is 11.6. The third kappa shape index (κ3) is 4.46. The zero-order chi connectivity index (χ0) is 14.3. The van der Waals surface area contributed by atoms with Gasteiger partial charge in [-0.3, -0.25) is 9.59 Å². The molecule has 0 heterocycles. The van der Waals surface area contributed by atoms with Crippen LogP contribution in [0.25, 0.3) is 0 Å². The molecule has 0 aliphatic carbocycles. The number of carbonyl (C=O) groups excluding carboxylic acids is 2. The van der Waals surface area contributed by atoms with Gasteiger partial charge < -0.3 is 15.4 Å². The highest BCUT2D eigenvalue weighted by atomic mass is 16.5. The zero-order valence-corrected chi connectivity index (χ0v) is 11.1. The number of amides is 2. The largest absolute Gasteiger partial charge is 0.497 e. The van der Waals surface area contributed by atoms with Gasteiger partial charge >= 0.3 is 11.8 Å². The van der Waals surface area contributed by atoms with Crippen LogP contribution in [0, 0.1) is 0 Å². The average Bonchev–Trinajstić information content (AvgIpc) is 2.44. The van der Waals surface area contributed by atoms with Crippen molar-refractivity contribution >= 4 is 11.8 Å². The van der Waals surface area contributed by atoms with Crippen LogP contribution in [0.1, 0.15) is 18.5 Å². The summed E-state index contributed by atoms with van der Waals surface area (Å²) in [6.45, 7) is 5.53. The van der Waals surface area contributed by atoms with E-state index in [0.717, 1.165) is 11.3 Å². The second-order valence-corrected chi connectivity index (χ2v) is 3.97. The molecule has 0 aromatic heterocycles. The van der Waals surface area contributed by atoms with Gasteiger partial charge in [0.2, 0.25) is 0 Å². The van der Waals surface area contributed by atoms with Crippen molar-refractivity contribution in [2.75, 3.05) is 13.7 Å². The molecule has 1 aromatic carbocycles. The molecule has 0 unspecified atom stereocenters. The number of carbonyl (C=O) groups is 2. The van der Waals surface area contributed by atoms with Crippen LogP contribution in [0.3, 0.4) is 0 Å². The Morgan fingerprint density at radius 3 is 2.47 bits per heavy atom. The first-order valence-electron chi connectivity index (χ1n) is 5.92. The molecule has 0 aliphatic heterocycles. The van der Waals surface area contributed by atoms with Gasteiger partial charge in [0.05, 0.1) is 13.2 Å². The van der Waals surface area contributed by atoms with Gasteiger partial charge in [-0.25, -0.2) is 0 Å². The van der Waals surface area contributed by atoms with Crippen LogP contribution in [-0.2, 0) is 9.59 Å². The summed E-state index contributed by atoms with van der Waals surface area (Å²) in [5.41, 5.74) is 0.894. The van der Waals surface area contributed by atoms with Crippen LogP contribution in [0.4, 0.5) is 0 Å². The molecule has 0 saturated heterocycles. The SMILES string of the molecule is C=CCNC(=O)C(=O)N[C@H](C)c1ccc(OC)cc1. The van der Waals surface area contributed by atoms with Gasteiger partial charge in [-0.1, -0.05) is 18.2 Å². The van der Waals surface area contributed by atoms with E-state index in [1.807, 2.05) is 12.1 Å². The average molecular weight is 262 g/mol. The predicted octanol–water partition coefficient (Wildman–Crippen LogP) is 1.17. The van der Waals surface area contributed by atoms with Crippen LogP contribution in [0.5, 0.6) is 5.75 Å². The van der Waals surface area contributed by atoms with Crippen LogP contribution in [0.15, 0.2) is 36.9 Å². The van der Waals surface area contributed by atoms with Gasteiger partial charge in [-0.05, 0) is 24.6 Å². The first-order chi connectivity index (χ1) is 9.08. The zero-order valence-electron chi connectivity index (χ0n) is 11.1. The van der Waals surface area contributed by atoms with Gasteiger partial charge in [0.15, 0.2) is 0 Å². The van der Waals surface area contributed by atoms with Crippen molar-refractivity contribution < 1.29 is 14.3 Å². The van der Waals surface area contributed by atoms with Crippen LogP contribution in [0.2, 0.25) is 0 Å². The highest BCUT2D eigenvalue weighted by Gasteiger charge is 2.16. The maximum Gasteiger partial charge on any atom is 0.309 e. The van der Waals surface area contributed by atoms with Gasteiger partial charge in [0.25, 0.3) is 0 Å². The van der Waals surface area contributed by atoms with Crippen LogP contribution in [-0.4, -0.2) is 25.5 Å². The second kappa shape index (κ2) is 7.20. The Hall–Kier alpha value is -2.30. The molecule has 5 heteroatoms. The number of benzene rings is 1. The summed E-state index contributed by atoms with van der Waals surface area (Å²) >= 11 is 0. The molecule has 102 valence electrons. The normalized spacial score (nSPS) is 11.3. The van der Waals surface area contributed by atoms with Crippen molar-refractivity contribution in [1.82, 2.24) is 10.6 Å². The molecule has 2 N–H and O–H groups in total. The molecule has 0 aliphatic rings. The highest BCUT2D eigenvalue weighted by molar-refractivity contribution is 6.35. The Labute approximate surface area is 112 Å². The lowest BCUT2D eigenvalue weighted by Crippen LogP contribution is -2.40. The number of hydrogen-bond acceptors (Lipinski definition) is 3. The first-order valence-corrected chi connectivity index (χ1v) is 5.92. The minimum absolute atomic E-state index is 0.257. The maximum atomic E-state index is 11.6. The van der Waals surface area contributed by atoms with Gasteiger partial charge in [0, 0.05) is 6.54 Å². The van der Waals surface area contributed by atoms with Crippen molar-refractivity contribution in [3.05, 3.63) is 42.5 Å². The van der Waals surface area contributed by atoms with Gasteiger partial charge in [-0.15, -0.1) is 6.58 Å². The van der Waals surface area contributed by atoms with E-state index in [1.165, 1.54) is 6.08 Å². The quantitative estimate of drug-likeness (QED) is 0.618. The molecular formula is C14H18N2O3.